The highest BCUT2D eigenvalue weighted by molar-refractivity contribution is 5.93. The van der Waals surface area contributed by atoms with Crippen LogP contribution in [0.5, 0.6) is 0 Å². The van der Waals surface area contributed by atoms with Crippen molar-refractivity contribution in [2.24, 2.45) is 0 Å². The summed E-state index contributed by atoms with van der Waals surface area (Å²) in [6.45, 7) is 6.65. The Labute approximate surface area is 157 Å². The van der Waals surface area contributed by atoms with Crippen LogP contribution in [0.15, 0.2) is 42.6 Å². The maximum absolute atomic E-state index is 12.2. The van der Waals surface area contributed by atoms with Crippen molar-refractivity contribution in [3.63, 3.8) is 0 Å². The molecule has 0 atom stereocenters. The van der Waals surface area contributed by atoms with Gasteiger partial charge in [0.05, 0.1) is 29.9 Å². The molecule has 0 saturated carbocycles. The maximum atomic E-state index is 12.2. The third kappa shape index (κ3) is 3.09. The lowest BCUT2D eigenvalue weighted by Crippen LogP contribution is -2.23. The minimum absolute atomic E-state index is 0.348. The molecule has 4 rings (SSSR count). The quantitative estimate of drug-likeness (QED) is 0.632. The molecule has 1 aromatic heterocycles. The zero-order chi connectivity index (χ0) is 19.2. The number of rotatable bonds is 2. The van der Waals surface area contributed by atoms with E-state index in [2.05, 4.69) is 12.1 Å². The van der Waals surface area contributed by atoms with Crippen molar-refractivity contribution in [3.8, 4) is 11.8 Å². The number of nitrogens with zero attached hydrogens (tertiary/aromatic N) is 2. The zero-order valence-corrected chi connectivity index (χ0v) is 15.6. The molecule has 0 unspecified atom stereocenters. The predicted octanol–water partition coefficient (Wildman–Crippen LogP) is 4.49. The third-order valence-electron chi connectivity index (χ3n) is 4.58. The molecular formula is C22H20N2O3. The second-order valence-electron chi connectivity index (χ2n) is 7.66. The minimum Gasteiger partial charge on any atom is -0.456 e. The number of esters is 1. The first-order valence-corrected chi connectivity index (χ1v) is 8.85. The Balaban J connectivity index is 1.75. The molecule has 0 spiro atoms. The summed E-state index contributed by atoms with van der Waals surface area (Å²) in [5, 5.41) is 10.5. The fourth-order valence-electron chi connectivity index (χ4n) is 3.40. The number of carbonyl (C=O) groups is 1. The summed E-state index contributed by atoms with van der Waals surface area (Å²) in [5.74, 6) is -0.348. The van der Waals surface area contributed by atoms with Gasteiger partial charge in [0.2, 0.25) is 0 Å². The summed E-state index contributed by atoms with van der Waals surface area (Å²) in [4.78, 5) is 12.2. The first-order valence-electron chi connectivity index (χ1n) is 8.85. The number of hydrogen-bond acceptors (Lipinski definition) is 4. The molecule has 2 aromatic carbocycles. The van der Waals surface area contributed by atoms with Crippen molar-refractivity contribution < 1.29 is 14.3 Å². The normalized spacial score (nSPS) is 13.4. The number of ether oxygens (including phenoxy) is 2. The summed E-state index contributed by atoms with van der Waals surface area (Å²) >= 11 is 0. The molecule has 27 heavy (non-hydrogen) atoms. The Bertz CT molecular complexity index is 1080. The molecule has 0 radical (unpaired) electrons. The van der Waals surface area contributed by atoms with Gasteiger partial charge in [-0.1, -0.05) is 6.07 Å². The van der Waals surface area contributed by atoms with Crippen molar-refractivity contribution in [2.75, 3.05) is 0 Å². The van der Waals surface area contributed by atoms with E-state index in [-0.39, 0.29) is 5.97 Å². The van der Waals surface area contributed by atoms with Gasteiger partial charge in [-0.15, -0.1) is 0 Å². The molecule has 3 aromatic rings. The van der Waals surface area contributed by atoms with Gasteiger partial charge < -0.3 is 14.0 Å². The van der Waals surface area contributed by atoms with E-state index in [9.17, 15) is 10.1 Å². The molecule has 1 aliphatic rings. The highest BCUT2D eigenvalue weighted by Crippen LogP contribution is 2.33. The van der Waals surface area contributed by atoms with Crippen LogP contribution in [-0.2, 0) is 22.7 Å². The molecule has 0 amide bonds. The molecule has 136 valence electrons. The summed E-state index contributed by atoms with van der Waals surface area (Å²) in [7, 11) is 0. The van der Waals surface area contributed by atoms with Gasteiger partial charge in [0.1, 0.15) is 11.7 Å². The van der Waals surface area contributed by atoms with Gasteiger partial charge in [0, 0.05) is 17.3 Å². The number of benzene rings is 2. The summed E-state index contributed by atoms with van der Waals surface area (Å²) in [6.07, 6.45) is 1.84. The fourth-order valence-corrected chi connectivity index (χ4v) is 3.40. The smallest absolute Gasteiger partial charge is 0.338 e. The average molecular weight is 360 g/mol. The Kier molecular flexibility index (Phi) is 4.01. The van der Waals surface area contributed by atoms with Gasteiger partial charge in [-0.2, -0.15) is 5.26 Å². The fraction of sp³-hybridized carbons (Fsp3) is 0.273. The van der Waals surface area contributed by atoms with Crippen molar-refractivity contribution in [2.45, 2.75) is 39.6 Å². The average Bonchev–Trinajstić information content (AvgIpc) is 3.24. The van der Waals surface area contributed by atoms with Gasteiger partial charge in [-0.3, -0.25) is 0 Å². The molecule has 0 aliphatic carbocycles. The van der Waals surface area contributed by atoms with Crippen LogP contribution in [0.3, 0.4) is 0 Å². The zero-order valence-electron chi connectivity index (χ0n) is 15.6. The molecule has 5 nitrogen and oxygen atoms in total. The maximum Gasteiger partial charge on any atom is 0.338 e. The molecule has 0 bridgehead atoms. The van der Waals surface area contributed by atoms with Gasteiger partial charge in [-0.05, 0) is 62.2 Å². The van der Waals surface area contributed by atoms with E-state index in [0.717, 1.165) is 27.7 Å². The van der Waals surface area contributed by atoms with E-state index in [1.807, 2.05) is 49.7 Å². The second-order valence-corrected chi connectivity index (χ2v) is 7.66. The van der Waals surface area contributed by atoms with E-state index in [1.165, 1.54) is 0 Å². The van der Waals surface area contributed by atoms with E-state index < -0.39 is 5.60 Å². The molecule has 2 heterocycles. The highest BCUT2D eigenvalue weighted by Gasteiger charge is 2.21. The van der Waals surface area contributed by atoms with Crippen molar-refractivity contribution in [3.05, 3.63) is 64.8 Å². The van der Waals surface area contributed by atoms with Crippen LogP contribution in [-0.4, -0.2) is 16.1 Å². The monoisotopic (exact) mass is 360 g/mol. The SMILES string of the molecule is CC(C)(C)OC(=O)c1ccc(-n2cc(C#N)c3c4c(ccc32)COC4)cc1. The summed E-state index contributed by atoms with van der Waals surface area (Å²) < 4.78 is 12.9. The van der Waals surface area contributed by atoms with Crippen LogP contribution < -0.4 is 0 Å². The first-order chi connectivity index (χ1) is 12.9. The number of hydrogen-bond donors (Lipinski definition) is 0. The Morgan fingerprint density at radius 1 is 1.15 bits per heavy atom. The summed E-state index contributed by atoms with van der Waals surface area (Å²) in [6, 6.07) is 13.6. The lowest BCUT2D eigenvalue weighted by Gasteiger charge is -2.19. The number of nitriles is 1. The number of fused-ring (bicyclic) bond motifs is 3. The lowest BCUT2D eigenvalue weighted by atomic mass is 10.0. The number of carbonyl (C=O) groups excluding carboxylic acids is 1. The van der Waals surface area contributed by atoms with E-state index >= 15 is 0 Å². The van der Waals surface area contributed by atoms with Gasteiger partial charge >= 0.3 is 5.97 Å². The van der Waals surface area contributed by atoms with Gasteiger partial charge in [-0.25, -0.2) is 4.79 Å². The van der Waals surface area contributed by atoms with Crippen LogP contribution >= 0.6 is 0 Å². The molecule has 0 fully saturated rings. The van der Waals surface area contributed by atoms with Crippen LogP contribution in [0.1, 0.15) is 47.8 Å². The number of aromatic nitrogens is 1. The summed E-state index contributed by atoms with van der Waals surface area (Å²) in [5.41, 5.74) is 4.67. The Morgan fingerprint density at radius 2 is 1.89 bits per heavy atom. The van der Waals surface area contributed by atoms with Crippen LogP contribution in [0.4, 0.5) is 0 Å². The molecule has 5 heteroatoms. The van der Waals surface area contributed by atoms with Crippen molar-refractivity contribution in [1.29, 1.82) is 5.26 Å². The predicted molar refractivity (Wildman–Crippen MR) is 102 cm³/mol. The Hall–Kier alpha value is -3.10. The molecular weight excluding hydrogens is 340 g/mol. The first kappa shape index (κ1) is 17.3. The van der Waals surface area contributed by atoms with E-state index in [1.54, 1.807) is 12.1 Å². The largest absolute Gasteiger partial charge is 0.456 e. The van der Waals surface area contributed by atoms with E-state index in [0.29, 0.717) is 24.3 Å². The lowest BCUT2D eigenvalue weighted by molar-refractivity contribution is 0.00695. The standard InChI is InChI=1S/C22H20N2O3/c1-22(2,3)27-21(25)14-4-7-17(8-5-14)24-11-16(10-23)20-18-13-26-12-15(18)6-9-19(20)24/h4-9,11H,12-13H2,1-3H3. The molecule has 0 saturated heterocycles. The minimum atomic E-state index is -0.531. The van der Waals surface area contributed by atoms with E-state index in [4.69, 9.17) is 9.47 Å². The topological polar surface area (TPSA) is 64.2 Å². The third-order valence-corrected chi connectivity index (χ3v) is 4.58. The second kappa shape index (κ2) is 6.26. The molecule has 1 aliphatic heterocycles. The van der Waals surface area contributed by atoms with Crippen LogP contribution in [0.25, 0.3) is 16.6 Å². The van der Waals surface area contributed by atoms with Gasteiger partial charge in [0.15, 0.2) is 0 Å². The molecule has 0 N–H and O–H groups in total. The van der Waals surface area contributed by atoms with Crippen LogP contribution in [0, 0.1) is 11.3 Å². The van der Waals surface area contributed by atoms with Crippen molar-refractivity contribution >= 4 is 16.9 Å². The van der Waals surface area contributed by atoms with Crippen molar-refractivity contribution in [1.82, 2.24) is 4.57 Å². The van der Waals surface area contributed by atoms with Crippen LogP contribution in [0.2, 0.25) is 0 Å². The van der Waals surface area contributed by atoms with Gasteiger partial charge in [0.25, 0.3) is 0 Å². The highest BCUT2D eigenvalue weighted by atomic mass is 16.6. The Morgan fingerprint density at radius 3 is 2.56 bits per heavy atom.